The summed E-state index contributed by atoms with van der Waals surface area (Å²) in [5, 5.41) is 4.93. The van der Waals surface area contributed by atoms with Crippen LogP contribution in [0.3, 0.4) is 0 Å². The van der Waals surface area contributed by atoms with Gasteiger partial charge in [0.2, 0.25) is 0 Å². The Morgan fingerprint density at radius 3 is 2.58 bits per heavy atom. The van der Waals surface area contributed by atoms with Crippen LogP contribution in [0.15, 0.2) is 18.5 Å². The zero-order valence-corrected chi connectivity index (χ0v) is 7.29. The normalized spacial score (nSPS) is 18.1. The zero-order chi connectivity index (χ0) is 8.77. The predicted octanol–water partition coefficient (Wildman–Crippen LogP) is 0.417. The lowest BCUT2D eigenvalue weighted by atomic mass is 10.2. The fourth-order valence-corrected chi connectivity index (χ4v) is 1.71. The largest absolute Gasteiger partial charge is 0.302 e. The Bertz CT molecular complexity index is 389. The van der Waals surface area contributed by atoms with Crippen molar-refractivity contribution in [2.75, 3.05) is 0 Å². The average molecular weight is 186 g/mol. The summed E-state index contributed by atoms with van der Waals surface area (Å²) in [7, 11) is -3.57. The topological polar surface area (TPSA) is 65.1 Å². The summed E-state index contributed by atoms with van der Waals surface area (Å²) in [6.45, 7) is 0. The molecule has 0 radical (unpaired) electrons. The molecule has 0 spiro atoms. The van der Waals surface area contributed by atoms with Gasteiger partial charge >= 0.3 is 10.2 Å². The van der Waals surface area contributed by atoms with Crippen molar-refractivity contribution in [1.29, 1.82) is 0 Å². The Balaban J connectivity index is 2.35. The molecule has 0 bridgehead atoms. The molecule has 0 atom stereocenters. The lowest BCUT2D eigenvalue weighted by molar-refractivity contribution is 0.589. The minimum absolute atomic E-state index is 0.563. The molecular formula is C7H10N2O2S. The summed E-state index contributed by atoms with van der Waals surface area (Å²) in [5.41, 5.74) is 1.07. The Kier molecular flexibility index (Phi) is 1.52. The quantitative estimate of drug-likeness (QED) is 0.727. The van der Waals surface area contributed by atoms with Crippen LogP contribution in [-0.4, -0.2) is 12.4 Å². The Morgan fingerprint density at radius 1 is 1.50 bits per heavy atom. The summed E-state index contributed by atoms with van der Waals surface area (Å²) in [6.07, 6.45) is 5.40. The molecule has 0 amide bonds. The van der Waals surface area contributed by atoms with Gasteiger partial charge in [-0.1, -0.05) is 0 Å². The third kappa shape index (κ3) is 1.37. The Labute approximate surface area is 71.2 Å². The first-order valence-electron chi connectivity index (χ1n) is 3.78. The van der Waals surface area contributed by atoms with Crippen molar-refractivity contribution in [3.8, 4) is 0 Å². The molecule has 1 saturated carbocycles. The molecule has 4 nitrogen and oxygen atoms in total. The van der Waals surface area contributed by atoms with Gasteiger partial charge in [0.25, 0.3) is 0 Å². The highest BCUT2D eigenvalue weighted by atomic mass is 32.2. The summed E-state index contributed by atoms with van der Waals surface area (Å²) in [6, 6.07) is 1.81. The Hall–Kier alpha value is -0.810. The third-order valence-electron chi connectivity index (χ3n) is 2.03. The van der Waals surface area contributed by atoms with Crippen molar-refractivity contribution < 1.29 is 8.42 Å². The standard InChI is InChI=1S/C7H10N2O2S/c8-12(10,11)9-4-3-7(5-9)6-1-2-6/h3-6H,1-2H2,(H2,8,10,11). The highest BCUT2D eigenvalue weighted by Crippen LogP contribution is 2.40. The van der Waals surface area contributed by atoms with E-state index in [0.717, 1.165) is 22.4 Å². The van der Waals surface area contributed by atoms with E-state index in [0.29, 0.717) is 5.92 Å². The van der Waals surface area contributed by atoms with Crippen LogP contribution in [0.2, 0.25) is 0 Å². The zero-order valence-electron chi connectivity index (χ0n) is 6.47. The monoisotopic (exact) mass is 186 g/mol. The maximum atomic E-state index is 10.8. The van der Waals surface area contributed by atoms with E-state index >= 15 is 0 Å². The lowest BCUT2D eigenvalue weighted by Crippen LogP contribution is -2.19. The van der Waals surface area contributed by atoms with Gasteiger partial charge in [-0.05, 0) is 30.4 Å². The van der Waals surface area contributed by atoms with Gasteiger partial charge in [0.1, 0.15) is 0 Å². The summed E-state index contributed by atoms with van der Waals surface area (Å²) >= 11 is 0. The lowest BCUT2D eigenvalue weighted by Gasteiger charge is -1.95. The van der Waals surface area contributed by atoms with Crippen LogP contribution in [0.1, 0.15) is 24.3 Å². The van der Waals surface area contributed by atoms with Crippen LogP contribution < -0.4 is 5.14 Å². The van der Waals surface area contributed by atoms with E-state index in [9.17, 15) is 8.42 Å². The highest BCUT2D eigenvalue weighted by Gasteiger charge is 2.24. The number of aromatic nitrogens is 1. The first kappa shape index (κ1) is 7.82. The smallest absolute Gasteiger partial charge is 0.240 e. The molecule has 12 heavy (non-hydrogen) atoms. The van der Waals surface area contributed by atoms with Gasteiger partial charge in [-0.25, -0.2) is 9.11 Å². The molecule has 66 valence electrons. The number of hydrogen-bond donors (Lipinski definition) is 1. The maximum Gasteiger partial charge on any atom is 0.302 e. The van der Waals surface area contributed by atoms with E-state index in [2.05, 4.69) is 0 Å². The van der Waals surface area contributed by atoms with E-state index in [1.54, 1.807) is 6.20 Å². The molecule has 1 aliphatic carbocycles. The number of rotatable bonds is 2. The molecule has 1 heterocycles. The number of nitrogens with two attached hydrogens (primary N) is 1. The van der Waals surface area contributed by atoms with Crippen LogP contribution in [0.4, 0.5) is 0 Å². The van der Waals surface area contributed by atoms with Crippen LogP contribution in [0.25, 0.3) is 0 Å². The fraction of sp³-hybridized carbons (Fsp3) is 0.429. The van der Waals surface area contributed by atoms with Gasteiger partial charge in [0, 0.05) is 12.4 Å². The molecule has 0 aromatic carbocycles. The van der Waals surface area contributed by atoms with Gasteiger partial charge in [-0.3, -0.25) is 0 Å². The average Bonchev–Trinajstić information content (AvgIpc) is 2.66. The van der Waals surface area contributed by atoms with E-state index in [4.69, 9.17) is 5.14 Å². The van der Waals surface area contributed by atoms with Gasteiger partial charge < -0.3 is 0 Å². The molecule has 2 N–H and O–H groups in total. The van der Waals surface area contributed by atoms with Gasteiger partial charge in [-0.15, -0.1) is 0 Å². The molecule has 0 aliphatic heterocycles. The summed E-state index contributed by atoms with van der Waals surface area (Å²) in [4.78, 5) is 0. The second-order valence-corrected chi connectivity index (χ2v) is 4.55. The molecule has 1 aliphatic rings. The molecule has 1 fully saturated rings. The van der Waals surface area contributed by atoms with E-state index in [-0.39, 0.29) is 0 Å². The molecular weight excluding hydrogens is 176 g/mol. The van der Waals surface area contributed by atoms with E-state index in [1.165, 1.54) is 6.20 Å². The van der Waals surface area contributed by atoms with Crippen LogP contribution in [-0.2, 0) is 10.2 Å². The Morgan fingerprint density at radius 2 is 2.17 bits per heavy atom. The van der Waals surface area contributed by atoms with Crippen LogP contribution in [0, 0.1) is 0 Å². The first-order valence-corrected chi connectivity index (χ1v) is 5.29. The van der Waals surface area contributed by atoms with Crippen LogP contribution >= 0.6 is 0 Å². The molecule has 0 saturated heterocycles. The van der Waals surface area contributed by atoms with Crippen molar-refractivity contribution in [2.24, 2.45) is 5.14 Å². The van der Waals surface area contributed by atoms with Crippen LogP contribution in [0.5, 0.6) is 0 Å². The molecule has 1 aromatic heterocycles. The highest BCUT2D eigenvalue weighted by molar-refractivity contribution is 7.87. The molecule has 2 rings (SSSR count). The second-order valence-electron chi connectivity index (χ2n) is 3.09. The van der Waals surface area contributed by atoms with Crippen molar-refractivity contribution in [2.45, 2.75) is 18.8 Å². The van der Waals surface area contributed by atoms with Gasteiger partial charge in [-0.2, -0.15) is 8.42 Å². The van der Waals surface area contributed by atoms with Crippen molar-refractivity contribution in [1.82, 2.24) is 3.97 Å². The first-order chi connectivity index (χ1) is 5.57. The molecule has 5 heteroatoms. The molecule has 1 aromatic rings. The van der Waals surface area contributed by atoms with Crippen molar-refractivity contribution in [3.63, 3.8) is 0 Å². The van der Waals surface area contributed by atoms with Crippen molar-refractivity contribution in [3.05, 3.63) is 24.0 Å². The number of nitrogens with zero attached hydrogens (tertiary/aromatic N) is 1. The second kappa shape index (κ2) is 2.34. The van der Waals surface area contributed by atoms with Crippen molar-refractivity contribution >= 4 is 10.2 Å². The van der Waals surface area contributed by atoms with E-state index in [1.807, 2.05) is 6.07 Å². The maximum absolute atomic E-state index is 10.8. The summed E-state index contributed by atoms with van der Waals surface area (Å²) in [5.74, 6) is 0.563. The molecule has 0 unspecified atom stereocenters. The van der Waals surface area contributed by atoms with E-state index < -0.39 is 10.2 Å². The number of hydrogen-bond acceptors (Lipinski definition) is 2. The fourth-order valence-electron chi connectivity index (χ4n) is 1.21. The summed E-state index contributed by atoms with van der Waals surface area (Å²) < 4.78 is 22.7. The minimum atomic E-state index is -3.57. The van der Waals surface area contributed by atoms with Gasteiger partial charge in [0.15, 0.2) is 0 Å². The predicted molar refractivity (Wildman–Crippen MR) is 44.9 cm³/mol. The SMILES string of the molecule is NS(=O)(=O)n1ccc(C2CC2)c1. The third-order valence-corrected chi connectivity index (χ3v) is 2.85. The minimum Gasteiger partial charge on any atom is -0.240 e. The van der Waals surface area contributed by atoms with Gasteiger partial charge in [0.05, 0.1) is 0 Å².